The van der Waals surface area contributed by atoms with Gasteiger partial charge in [-0.2, -0.15) is 0 Å². The molecule has 110 valence electrons. The van der Waals surface area contributed by atoms with E-state index in [4.69, 9.17) is 0 Å². The summed E-state index contributed by atoms with van der Waals surface area (Å²) in [5.74, 6) is -0.542. The summed E-state index contributed by atoms with van der Waals surface area (Å²) in [4.78, 5) is 10.5. The lowest BCUT2D eigenvalue weighted by Crippen LogP contribution is -2.09. The van der Waals surface area contributed by atoms with Crippen molar-refractivity contribution in [2.75, 3.05) is 5.32 Å². The molecule has 4 nitrogen and oxygen atoms in total. The van der Waals surface area contributed by atoms with Crippen molar-refractivity contribution in [3.8, 4) is 0 Å². The van der Waals surface area contributed by atoms with Crippen molar-refractivity contribution in [1.82, 2.24) is 0 Å². The van der Waals surface area contributed by atoms with Crippen LogP contribution in [-0.4, -0.2) is 4.92 Å². The molecule has 0 fully saturated rings. The molecule has 1 unspecified atom stereocenters. The van der Waals surface area contributed by atoms with Crippen LogP contribution in [0.25, 0.3) is 0 Å². The topological polar surface area (TPSA) is 55.2 Å². The zero-order valence-corrected chi connectivity index (χ0v) is 13.1. The largest absolute Gasteiger partial charge is 0.373 e. The lowest BCUT2D eigenvalue weighted by molar-refractivity contribution is -0.384. The maximum Gasteiger partial charge on any atom is 0.293 e. The Balaban J connectivity index is 2.32. The van der Waals surface area contributed by atoms with E-state index in [1.165, 1.54) is 6.07 Å². The molecule has 2 aromatic rings. The Morgan fingerprint density at radius 1 is 1.29 bits per heavy atom. The highest BCUT2D eigenvalue weighted by Gasteiger charge is 2.19. The van der Waals surface area contributed by atoms with Gasteiger partial charge in [0, 0.05) is 18.2 Å². The van der Waals surface area contributed by atoms with Crippen molar-refractivity contribution < 1.29 is 9.31 Å². The van der Waals surface area contributed by atoms with Gasteiger partial charge in [0.25, 0.3) is 5.69 Å². The number of hydrogen-bond donors (Lipinski definition) is 1. The highest BCUT2D eigenvalue weighted by atomic mass is 79.9. The third-order valence-corrected chi connectivity index (χ3v) is 3.79. The molecule has 1 atom stereocenters. The predicted octanol–water partition coefficient (Wildman–Crippen LogP) is 4.98. The molecule has 0 saturated heterocycles. The van der Waals surface area contributed by atoms with Gasteiger partial charge in [-0.15, -0.1) is 0 Å². The van der Waals surface area contributed by atoms with Crippen LogP contribution < -0.4 is 5.32 Å². The molecule has 0 heterocycles. The van der Waals surface area contributed by atoms with E-state index in [1.54, 1.807) is 0 Å². The Kier molecular flexibility index (Phi) is 4.57. The minimum absolute atomic E-state index is 0.0720. The summed E-state index contributed by atoms with van der Waals surface area (Å²) in [5.41, 5.74) is 2.10. The average Bonchev–Trinajstić information content (AvgIpc) is 2.43. The van der Waals surface area contributed by atoms with Crippen molar-refractivity contribution in [2.45, 2.75) is 19.9 Å². The zero-order valence-electron chi connectivity index (χ0n) is 11.6. The highest BCUT2D eigenvalue weighted by molar-refractivity contribution is 9.10. The van der Waals surface area contributed by atoms with E-state index in [-0.39, 0.29) is 21.9 Å². The van der Waals surface area contributed by atoms with E-state index in [2.05, 4.69) is 21.2 Å². The maximum atomic E-state index is 13.6. The van der Waals surface area contributed by atoms with Gasteiger partial charge in [-0.25, -0.2) is 4.39 Å². The van der Waals surface area contributed by atoms with Gasteiger partial charge in [0.05, 0.1) is 9.40 Å². The average molecular weight is 353 g/mol. The molecule has 21 heavy (non-hydrogen) atoms. The Hall–Kier alpha value is -1.95. The lowest BCUT2D eigenvalue weighted by Gasteiger charge is -2.16. The molecular formula is C15H14BrFN2O2. The van der Waals surface area contributed by atoms with Crippen molar-refractivity contribution >= 4 is 27.3 Å². The first-order valence-electron chi connectivity index (χ1n) is 6.35. The number of halogens is 2. The second-order valence-electron chi connectivity index (χ2n) is 4.82. The summed E-state index contributed by atoms with van der Waals surface area (Å²) in [5, 5.41) is 14.1. The fourth-order valence-corrected chi connectivity index (χ4v) is 2.31. The second kappa shape index (κ2) is 6.22. The SMILES string of the molecule is Cc1ccc(C(C)Nc2cc(F)c(Br)cc2[N+](=O)[O-])cc1. The first-order chi connectivity index (χ1) is 9.88. The Morgan fingerprint density at radius 3 is 2.48 bits per heavy atom. The van der Waals surface area contributed by atoms with Crippen molar-refractivity contribution in [3.05, 3.63) is 67.9 Å². The fourth-order valence-electron chi connectivity index (χ4n) is 1.97. The number of nitrogens with zero attached hydrogens (tertiary/aromatic N) is 1. The first-order valence-corrected chi connectivity index (χ1v) is 7.14. The van der Waals surface area contributed by atoms with Crippen molar-refractivity contribution in [1.29, 1.82) is 0 Å². The molecule has 0 amide bonds. The molecule has 2 rings (SSSR count). The van der Waals surface area contributed by atoms with Gasteiger partial charge in [-0.3, -0.25) is 10.1 Å². The second-order valence-corrected chi connectivity index (χ2v) is 5.67. The van der Waals surface area contributed by atoms with Gasteiger partial charge in [0.2, 0.25) is 0 Å². The third kappa shape index (κ3) is 3.58. The van der Waals surface area contributed by atoms with Crippen LogP contribution in [0.1, 0.15) is 24.1 Å². The first kappa shape index (κ1) is 15.4. The molecule has 0 radical (unpaired) electrons. The van der Waals surface area contributed by atoms with Gasteiger partial charge in [0.15, 0.2) is 0 Å². The summed E-state index contributed by atoms with van der Waals surface area (Å²) in [6.07, 6.45) is 0. The van der Waals surface area contributed by atoms with Crippen LogP contribution in [0.15, 0.2) is 40.9 Å². The normalized spacial score (nSPS) is 12.0. The number of nitro groups is 1. The van der Waals surface area contributed by atoms with E-state index >= 15 is 0 Å². The number of anilines is 1. The molecular weight excluding hydrogens is 339 g/mol. The van der Waals surface area contributed by atoms with Crippen LogP contribution in [0.3, 0.4) is 0 Å². The van der Waals surface area contributed by atoms with Crippen LogP contribution in [0, 0.1) is 22.9 Å². The van der Waals surface area contributed by atoms with Crippen LogP contribution in [0.2, 0.25) is 0 Å². The van der Waals surface area contributed by atoms with E-state index in [9.17, 15) is 14.5 Å². The van der Waals surface area contributed by atoms with Gasteiger partial charge < -0.3 is 5.32 Å². The van der Waals surface area contributed by atoms with E-state index in [0.717, 1.165) is 17.2 Å². The lowest BCUT2D eigenvalue weighted by atomic mass is 10.1. The number of hydrogen-bond acceptors (Lipinski definition) is 3. The monoisotopic (exact) mass is 352 g/mol. The van der Waals surface area contributed by atoms with Crippen LogP contribution in [-0.2, 0) is 0 Å². The molecule has 2 aromatic carbocycles. The van der Waals surface area contributed by atoms with Crippen LogP contribution in [0.4, 0.5) is 15.8 Å². The summed E-state index contributed by atoms with van der Waals surface area (Å²) >= 11 is 2.96. The number of benzene rings is 2. The molecule has 0 aliphatic carbocycles. The smallest absolute Gasteiger partial charge is 0.293 e. The summed E-state index contributed by atoms with van der Waals surface area (Å²) < 4.78 is 13.7. The predicted molar refractivity (Wildman–Crippen MR) is 84.0 cm³/mol. The molecule has 0 saturated carbocycles. The van der Waals surface area contributed by atoms with E-state index in [0.29, 0.717) is 0 Å². The van der Waals surface area contributed by atoms with Crippen molar-refractivity contribution in [2.24, 2.45) is 0 Å². The van der Waals surface area contributed by atoms with E-state index < -0.39 is 10.7 Å². The van der Waals surface area contributed by atoms with E-state index in [1.807, 2.05) is 38.1 Å². The third-order valence-electron chi connectivity index (χ3n) is 3.18. The molecule has 1 N–H and O–H groups in total. The van der Waals surface area contributed by atoms with Crippen LogP contribution >= 0.6 is 15.9 Å². The molecule has 6 heteroatoms. The summed E-state index contributed by atoms with van der Waals surface area (Å²) in [6, 6.07) is 9.92. The van der Waals surface area contributed by atoms with Gasteiger partial charge >= 0.3 is 0 Å². The molecule has 0 aliphatic heterocycles. The molecule has 0 bridgehead atoms. The minimum atomic E-state index is -0.542. The maximum absolute atomic E-state index is 13.6. The minimum Gasteiger partial charge on any atom is -0.373 e. The highest BCUT2D eigenvalue weighted by Crippen LogP contribution is 2.32. The standard InChI is InChI=1S/C15H14BrFN2O2/c1-9-3-5-11(6-4-9)10(2)18-14-8-13(17)12(16)7-15(14)19(20)21/h3-8,10,18H,1-2H3. The van der Waals surface area contributed by atoms with Gasteiger partial charge in [0.1, 0.15) is 11.5 Å². The Labute approximate surface area is 130 Å². The number of nitrogens with one attached hydrogen (secondary N) is 1. The van der Waals surface area contributed by atoms with Gasteiger partial charge in [-0.1, -0.05) is 29.8 Å². The molecule has 0 spiro atoms. The van der Waals surface area contributed by atoms with Crippen LogP contribution in [0.5, 0.6) is 0 Å². The molecule has 0 aliphatic rings. The number of nitro benzene ring substituents is 1. The van der Waals surface area contributed by atoms with Crippen molar-refractivity contribution in [3.63, 3.8) is 0 Å². The Morgan fingerprint density at radius 2 is 1.90 bits per heavy atom. The Bertz CT molecular complexity index is 674. The summed E-state index contributed by atoms with van der Waals surface area (Å²) in [6.45, 7) is 3.85. The quantitative estimate of drug-likeness (QED) is 0.623. The number of rotatable bonds is 4. The molecule has 0 aromatic heterocycles. The number of aryl methyl sites for hydroxylation is 1. The zero-order chi connectivity index (χ0) is 15.6. The fraction of sp³-hybridized carbons (Fsp3) is 0.200. The van der Waals surface area contributed by atoms with Gasteiger partial charge in [-0.05, 0) is 35.3 Å². The summed E-state index contributed by atoms with van der Waals surface area (Å²) in [7, 11) is 0.